The second-order valence-corrected chi connectivity index (χ2v) is 12.1. The normalized spacial score (nSPS) is 12.9. The Hall–Kier alpha value is 0.194. The van der Waals surface area contributed by atoms with Crippen LogP contribution in [0, 0.1) is 5.92 Å². The second kappa shape index (κ2) is 16.9. The first-order valence-corrected chi connectivity index (χ1v) is 15.0. The molecule has 0 saturated carbocycles. The highest BCUT2D eigenvalue weighted by Gasteiger charge is 2.41. The number of hydrogen-bond acceptors (Lipinski definition) is 6. The molecule has 1 radical (unpaired) electrons. The first-order valence-electron chi connectivity index (χ1n) is 11.1. The van der Waals surface area contributed by atoms with Crippen LogP contribution in [-0.4, -0.2) is 57.3 Å². The van der Waals surface area contributed by atoms with Crippen LogP contribution in [0.3, 0.4) is 0 Å². The third kappa shape index (κ3) is 11.4. The highest BCUT2D eigenvalue weighted by atomic mass is 28.4. The zero-order chi connectivity index (χ0) is 21.3. The monoisotopic (exact) mass is 437 g/mol. The molecule has 0 rings (SSSR count). The summed E-state index contributed by atoms with van der Waals surface area (Å²) in [6.07, 6.45) is 4.19. The zero-order valence-electron chi connectivity index (χ0n) is 19.4. The minimum atomic E-state index is -2.52. The van der Waals surface area contributed by atoms with Crippen molar-refractivity contribution in [2.75, 3.05) is 39.6 Å². The van der Waals surface area contributed by atoms with Gasteiger partial charge in [0.1, 0.15) is 0 Å². The molecule has 0 heterocycles. The molecule has 0 aliphatic carbocycles. The summed E-state index contributed by atoms with van der Waals surface area (Å²) >= 11 is 0. The predicted molar refractivity (Wildman–Crippen MR) is 118 cm³/mol. The molecule has 0 N–H and O–H groups in total. The molecule has 0 aromatic carbocycles. The lowest BCUT2D eigenvalue weighted by molar-refractivity contribution is 0.0703. The third-order valence-corrected chi connectivity index (χ3v) is 10.7. The van der Waals surface area contributed by atoms with E-state index in [1.807, 2.05) is 41.5 Å². The van der Waals surface area contributed by atoms with Crippen LogP contribution < -0.4 is 0 Å². The lowest BCUT2D eigenvalue weighted by atomic mass is 10.0. The fourth-order valence-corrected chi connectivity index (χ4v) is 8.57. The van der Waals surface area contributed by atoms with Crippen LogP contribution in [0.4, 0.5) is 0 Å². The summed E-state index contributed by atoms with van der Waals surface area (Å²) in [5.41, 5.74) is 0. The van der Waals surface area contributed by atoms with Crippen molar-refractivity contribution in [2.24, 2.45) is 0 Å². The third-order valence-electron chi connectivity index (χ3n) is 4.36. The second-order valence-electron chi connectivity index (χ2n) is 6.63. The quantitative estimate of drug-likeness (QED) is 0.243. The molecular formula is C20H45O6Si2. The van der Waals surface area contributed by atoms with Gasteiger partial charge in [0.25, 0.3) is 0 Å². The van der Waals surface area contributed by atoms with Crippen LogP contribution in [-0.2, 0) is 26.6 Å². The van der Waals surface area contributed by atoms with Crippen molar-refractivity contribution in [3.63, 3.8) is 0 Å². The Labute approximate surface area is 176 Å². The van der Waals surface area contributed by atoms with Crippen molar-refractivity contribution in [2.45, 2.75) is 86.2 Å². The van der Waals surface area contributed by atoms with Gasteiger partial charge in [-0.2, -0.15) is 0 Å². The molecule has 0 spiro atoms. The summed E-state index contributed by atoms with van der Waals surface area (Å²) in [4.78, 5) is 0. The van der Waals surface area contributed by atoms with Crippen molar-refractivity contribution in [3.8, 4) is 0 Å². The van der Waals surface area contributed by atoms with E-state index in [-0.39, 0.29) is 0 Å². The molecule has 6 nitrogen and oxygen atoms in total. The van der Waals surface area contributed by atoms with Gasteiger partial charge in [-0.3, -0.25) is 0 Å². The molecule has 0 aromatic heterocycles. The molecule has 0 aromatic rings. The first kappa shape index (κ1) is 28.2. The molecule has 169 valence electrons. The molecule has 0 amide bonds. The SMILES string of the molecule is CCO[Si](CCC[C](C)CCC[Si](OCC)(OCC)OCC)(OCC)OCC. The molecule has 0 aliphatic heterocycles. The van der Waals surface area contributed by atoms with Crippen LogP contribution >= 0.6 is 0 Å². The zero-order valence-corrected chi connectivity index (χ0v) is 21.4. The Morgan fingerprint density at radius 3 is 0.964 bits per heavy atom. The van der Waals surface area contributed by atoms with E-state index in [2.05, 4.69) is 6.92 Å². The van der Waals surface area contributed by atoms with E-state index in [1.165, 1.54) is 5.92 Å². The molecule has 0 bridgehead atoms. The van der Waals surface area contributed by atoms with Crippen molar-refractivity contribution in [1.82, 2.24) is 0 Å². The molecular weight excluding hydrogens is 392 g/mol. The Kier molecular flexibility index (Phi) is 17.1. The van der Waals surface area contributed by atoms with Gasteiger partial charge in [0.2, 0.25) is 0 Å². The van der Waals surface area contributed by atoms with Gasteiger partial charge in [-0.15, -0.1) is 0 Å². The van der Waals surface area contributed by atoms with Crippen molar-refractivity contribution >= 4 is 17.6 Å². The van der Waals surface area contributed by atoms with E-state index in [0.717, 1.165) is 37.8 Å². The molecule has 8 heteroatoms. The molecule has 0 aliphatic rings. The lowest BCUT2D eigenvalue weighted by Crippen LogP contribution is -2.46. The van der Waals surface area contributed by atoms with E-state index in [0.29, 0.717) is 39.6 Å². The van der Waals surface area contributed by atoms with E-state index >= 15 is 0 Å². The molecule has 0 fully saturated rings. The van der Waals surface area contributed by atoms with Gasteiger partial charge in [-0.05, 0) is 73.1 Å². The lowest BCUT2D eigenvalue weighted by Gasteiger charge is -2.29. The van der Waals surface area contributed by atoms with Crippen LogP contribution in [0.5, 0.6) is 0 Å². The first-order chi connectivity index (χ1) is 13.5. The van der Waals surface area contributed by atoms with Crippen molar-refractivity contribution in [1.29, 1.82) is 0 Å². The standard InChI is InChI=1S/C20H45O6Si2/c1-8-21-27(22-9-2,23-10-3)18-14-16-20(7)17-15-19-28(24-11-4,25-12-5)26-13-6/h8-19H2,1-7H3. The van der Waals surface area contributed by atoms with Gasteiger partial charge in [0, 0.05) is 51.7 Å². The fourth-order valence-electron chi connectivity index (χ4n) is 3.34. The minimum Gasteiger partial charge on any atom is -0.374 e. The van der Waals surface area contributed by atoms with Gasteiger partial charge in [0.05, 0.1) is 0 Å². The predicted octanol–water partition coefficient (Wildman–Crippen LogP) is 5.24. The van der Waals surface area contributed by atoms with E-state index in [1.54, 1.807) is 0 Å². The average molecular weight is 438 g/mol. The summed E-state index contributed by atoms with van der Waals surface area (Å²) in [6.45, 7) is 18.0. The molecule has 28 heavy (non-hydrogen) atoms. The van der Waals surface area contributed by atoms with Crippen LogP contribution in [0.2, 0.25) is 12.1 Å². The summed E-state index contributed by atoms with van der Waals surface area (Å²) in [5, 5.41) is 0. The molecule has 0 unspecified atom stereocenters. The summed E-state index contributed by atoms with van der Waals surface area (Å²) in [6, 6.07) is 1.74. The van der Waals surface area contributed by atoms with Gasteiger partial charge in [-0.25, -0.2) is 0 Å². The molecule has 0 atom stereocenters. The van der Waals surface area contributed by atoms with Crippen LogP contribution in [0.15, 0.2) is 0 Å². The molecule has 0 saturated heterocycles. The largest absolute Gasteiger partial charge is 0.500 e. The Balaban J connectivity index is 4.46. The average Bonchev–Trinajstić information content (AvgIpc) is 2.63. The minimum absolute atomic E-state index is 0.633. The number of hydrogen-bond donors (Lipinski definition) is 0. The highest BCUT2D eigenvalue weighted by Crippen LogP contribution is 2.26. The maximum Gasteiger partial charge on any atom is 0.500 e. The van der Waals surface area contributed by atoms with E-state index < -0.39 is 17.6 Å². The van der Waals surface area contributed by atoms with Crippen molar-refractivity contribution < 1.29 is 26.6 Å². The smallest absolute Gasteiger partial charge is 0.374 e. The van der Waals surface area contributed by atoms with Gasteiger partial charge in [-0.1, -0.05) is 6.92 Å². The van der Waals surface area contributed by atoms with Gasteiger partial charge in [0.15, 0.2) is 0 Å². The van der Waals surface area contributed by atoms with Gasteiger partial charge < -0.3 is 26.6 Å². The Bertz CT molecular complexity index is 294. The topological polar surface area (TPSA) is 55.4 Å². The Morgan fingerprint density at radius 1 is 0.500 bits per heavy atom. The Morgan fingerprint density at radius 2 is 0.750 bits per heavy atom. The maximum absolute atomic E-state index is 5.94. The summed E-state index contributed by atoms with van der Waals surface area (Å²) in [7, 11) is -5.04. The summed E-state index contributed by atoms with van der Waals surface area (Å²) < 4.78 is 35.6. The number of rotatable bonds is 20. The van der Waals surface area contributed by atoms with Gasteiger partial charge >= 0.3 is 17.6 Å². The van der Waals surface area contributed by atoms with E-state index in [9.17, 15) is 0 Å². The highest BCUT2D eigenvalue weighted by molar-refractivity contribution is 6.61. The summed E-state index contributed by atoms with van der Waals surface area (Å²) in [5.74, 6) is 1.49. The van der Waals surface area contributed by atoms with Crippen LogP contribution in [0.25, 0.3) is 0 Å². The fraction of sp³-hybridized carbons (Fsp3) is 0.950. The van der Waals surface area contributed by atoms with E-state index in [4.69, 9.17) is 26.6 Å². The van der Waals surface area contributed by atoms with Crippen LogP contribution in [0.1, 0.15) is 74.1 Å². The van der Waals surface area contributed by atoms with Crippen molar-refractivity contribution in [3.05, 3.63) is 5.92 Å². The maximum atomic E-state index is 5.94.